The molecule has 46 heavy (non-hydrogen) atoms. The number of Topliss-reactive ketones (excluding diaryl/α,β-unsaturated/α-hetero) is 1. The molecule has 1 unspecified atom stereocenters. The molecule has 4 aliphatic rings. The number of ketones is 2. The second-order valence-corrected chi connectivity index (χ2v) is 13.4. The Kier molecular flexibility index (Phi) is 11.4. The standard InChI is InChI=1S/C31H41FO8.C4H8O2/c1-7-25(35)38-17-23(34)31(40-27(37)9-3)18(4)14-22-21-11-10-19-15-20(33)12-13-28(19,5)30(21,32)24(16-29(22,31)6)39-26(36)8-2;1-2-3-4(5)6/h12-13,15,18,21-22,24H,7-11,14,16-17H2,1-6H3;2-3H2,1H3,(H,5,6)/t18-,21-,22-,24-,28-,29-,30?,31-;/m0./s1. The number of rotatable bonds is 10. The van der Waals surface area contributed by atoms with Crippen LogP contribution in [0.2, 0.25) is 0 Å². The van der Waals surface area contributed by atoms with Crippen LogP contribution in [0.25, 0.3) is 0 Å². The first kappa shape index (κ1) is 37.1. The van der Waals surface area contributed by atoms with Gasteiger partial charge < -0.3 is 19.3 Å². The molecule has 0 aromatic carbocycles. The normalized spacial score (nSPS) is 35.7. The Labute approximate surface area is 270 Å². The number of halogens is 1. The van der Waals surface area contributed by atoms with E-state index in [-0.39, 0.29) is 31.5 Å². The Hall–Kier alpha value is -3.37. The first-order valence-electron chi connectivity index (χ1n) is 16.5. The monoisotopic (exact) mass is 648 g/mol. The molecule has 0 bridgehead atoms. The van der Waals surface area contributed by atoms with Gasteiger partial charge in [-0.2, -0.15) is 0 Å². The van der Waals surface area contributed by atoms with Crippen LogP contribution < -0.4 is 0 Å². The van der Waals surface area contributed by atoms with Gasteiger partial charge in [-0.1, -0.05) is 53.2 Å². The van der Waals surface area contributed by atoms with Gasteiger partial charge in [0.25, 0.3) is 0 Å². The molecule has 0 spiro atoms. The van der Waals surface area contributed by atoms with Crippen molar-refractivity contribution in [2.75, 3.05) is 6.61 Å². The van der Waals surface area contributed by atoms with Gasteiger partial charge in [0.2, 0.25) is 5.78 Å². The smallest absolute Gasteiger partial charge is 0.306 e. The fourth-order valence-corrected chi connectivity index (χ4v) is 8.55. The number of hydrogen-bond donors (Lipinski definition) is 1. The molecule has 1 N–H and O–H groups in total. The number of esters is 3. The Morgan fingerprint density at radius 2 is 1.61 bits per heavy atom. The summed E-state index contributed by atoms with van der Waals surface area (Å²) in [6.45, 7) is 11.5. The van der Waals surface area contributed by atoms with Gasteiger partial charge >= 0.3 is 23.9 Å². The second-order valence-electron chi connectivity index (χ2n) is 13.4. The molecule has 0 amide bonds. The predicted octanol–water partition coefficient (Wildman–Crippen LogP) is 5.65. The lowest BCUT2D eigenvalue weighted by Crippen LogP contribution is -2.70. The molecule has 4 aliphatic carbocycles. The van der Waals surface area contributed by atoms with Gasteiger partial charge in [0, 0.05) is 48.3 Å². The second kappa shape index (κ2) is 14.2. The first-order chi connectivity index (χ1) is 21.5. The Morgan fingerprint density at radius 3 is 2.15 bits per heavy atom. The zero-order chi connectivity index (χ0) is 34.7. The maximum Gasteiger partial charge on any atom is 0.306 e. The molecule has 3 saturated carbocycles. The molecule has 0 radical (unpaired) electrons. The molecule has 4 rings (SSSR count). The highest BCUT2D eigenvalue weighted by Gasteiger charge is 2.78. The predicted molar refractivity (Wildman–Crippen MR) is 165 cm³/mol. The molecule has 0 heterocycles. The number of carboxylic acids is 1. The van der Waals surface area contributed by atoms with Crippen LogP contribution in [-0.4, -0.2) is 64.5 Å². The van der Waals surface area contributed by atoms with E-state index in [0.717, 1.165) is 6.42 Å². The Morgan fingerprint density at radius 1 is 0.978 bits per heavy atom. The number of carboxylic acid groups (broad SMARTS) is 1. The lowest BCUT2D eigenvalue weighted by atomic mass is 9.44. The highest BCUT2D eigenvalue weighted by atomic mass is 19.1. The molecule has 0 aromatic rings. The van der Waals surface area contributed by atoms with Gasteiger partial charge in [-0.05, 0) is 57.1 Å². The van der Waals surface area contributed by atoms with Crippen LogP contribution in [0.3, 0.4) is 0 Å². The highest BCUT2D eigenvalue weighted by Crippen LogP contribution is 2.72. The number of carbonyl (C=O) groups is 6. The van der Waals surface area contributed by atoms with Gasteiger partial charge in [0.1, 0.15) is 6.10 Å². The summed E-state index contributed by atoms with van der Waals surface area (Å²) in [5.41, 5.74) is -5.41. The summed E-state index contributed by atoms with van der Waals surface area (Å²) in [6.07, 6.45) is 5.52. The van der Waals surface area contributed by atoms with Crippen LogP contribution in [0, 0.1) is 28.6 Å². The molecule has 0 aliphatic heterocycles. The van der Waals surface area contributed by atoms with Crippen molar-refractivity contribution in [1.29, 1.82) is 0 Å². The lowest BCUT2D eigenvalue weighted by molar-refractivity contribution is -0.236. The molecule has 10 nitrogen and oxygen atoms in total. The average Bonchev–Trinajstić information content (AvgIpc) is 3.22. The molecule has 3 fully saturated rings. The Bertz CT molecular complexity index is 1300. The summed E-state index contributed by atoms with van der Waals surface area (Å²) in [4.78, 5) is 73.4. The highest BCUT2D eigenvalue weighted by molar-refractivity contribution is 6.01. The summed E-state index contributed by atoms with van der Waals surface area (Å²) in [5, 5.41) is 7.91. The van der Waals surface area contributed by atoms with E-state index in [9.17, 15) is 28.8 Å². The number of carbonyl (C=O) groups excluding carboxylic acids is 5. The minimum atomic E-state index is -2.06. The van der Waals surface area contributed by atoms with Crippen molar-refractivity contribution in [1.82, 2.24) is 0 Å². The van der Waals surface area contributed by atoms with Crippen LogP contribution in [0.4, 0.5) is 4.39 Å². The summed E-state index contributed by atoms with van der Waals surface area (Å²) < 4.78 is 35.3. The molecular formula is C35H49FO10. The van der Waals surface area contributed by atoms with E-state index in [2.05, 4.69) is 0 Å². The van der Waals surface area contributed by atoms with Crippen molar-refractivity contribution in [3.63, 3.8) is 0 Å². The summed E-state index contributed by atoms with van der Waals surface area (Å²) in [6, 6.07) is 0. The van der Waals surface area contributed by atoms with Crippen LogP contribution in [0.15, 0.2) is 23.8 Å². The van der Waals surface area contributed by atoms with Crippen molar-refractivity contribution in [3.05, 3.63) is 23.8 Å². The minimum absolute atomic E-state index is 0.0209. The summed E-state index contributed by atoms with van der Waals surface area (Å²) in [5.74, 6) is -4.77. The zero-order valence-corrected chi connectivity index (χ0v) is 28.1. The number of fused-ring (bicyclic) bond motifs is 5. The Balaban J connectivity index is 0.000000875. The maximum absolute atomic E-state index is 18.1. The van der Waals surface area contributed by atoms with Gasteiger partial charge in [0.05, 0.1) is 0 Å². The van der Waals surface area contributed by atoms with E-state index in [1.54, 1.807) is 33.8 Å². The largest absolute Gasteiger partial charge is 0.481 e. The van der Waals surface area contributed by atoms with Gasteiger partial charge in [-0.25, -0.2) is 4.39 Å². The lowest BCUT2D eigenvalue weighted by Gasteiger charge is -2.63. The van der Waals surface area contributed by atoms with E-state index < -0.39 is 82.2 Å². The number of hydrogen-bond acceptors (Lipinski definition) is 9. The average molecular weight is 649 g/mol. The van der Waals surface area contributed by atoms with Crippen LogP contribution >= 0.6 is 0 Å². The first-order valence-corrected chi connectivity index (χ1v) is 16.5. The quantitative estimate of drug-likeness (QED) is 0.233. The van der Waals surface area contributed by atoms with Crippen molar-refractivity contribution < 1.29 is 52.5 Å². The molecular weight excluding hydrogens is 599 g/mol. The third-order valence-electron chi connectivity index (χ3n) is 10.8. The van der Waals surface area contributed by atoms with Crippen LogP contribution in [-0.2, 0) is 43.0 Å². The van der Waals surface area contributed by atoms with E-state index >= 15 is 4.39 Å². The van der Waals surface area contributed by atoms with Crippen molar-refractivity contribution >= 4 is 35.4 Å². The van der Waals surface area contributed by atoms with Crippen molar-refractivity contribution in [2.24, 2.45) is 28.6 Å². The maximum atomic E-state index is 18.1. The fraction of sp³-hybridized carbons (Fsp3) is 0.714. The molecule has 0 aromatic heterocycles. The minimum Gasteiger partial charge on any atom is -0.481 e. The zero-order valence-electron chi connectivity index (χ0n) is 28.1. The van der Waals surface area contributed by atoms with Crippen LogP contribution in [0.1, 0.15) is 106 Å². The number of ether oxygens (including phenoxy) is 3. The van der Waals surface area contributed by atoms with Crippen molar-refractivity contribution in [2.45, 2.75) is 124 Å². The SMILES string of the molecule is CCC(=O)OCC(=O)[C@@]1(OC(=O)CC)[C@@H](C)C[C@H]2[C@@H]3CCC4=CC(=O)C=C[C@]4(C)C3(F)[C@@H](OC(=O)CC)C[C@@]21C.CCCC(=O)O. The van der Waals surface area contributed by atoms with Crippen LogP contribution in [0.5, 0.6) is 0 Å². The van der Waals surface area contributed by atoms with Gasteiger partial charge in [0.15, 0.2) is 23.7 Å². The third-order valence-corrected chi connectivity index (χ3v) is 10.8. The fourth-order valence-electron chi connectivity index (χ4n) is 8.55. The van der Waals surface area contributed by atoms with E-state index in [4.69, 9.17) is 19.3 Å². The summed E-state index contributed by atoms with van der Waals surface area (Å²) >= 11 is 0. The van der Waals surface area contributed by atoms with Crippen molar-refractivity contribution in [3.8, 4) is 0 Å². The molecule has 256 valence electrons. The van der Waals surface area contributed by atoms with E-state index in [1.165, 1.54) is 12.2 Å². The number of aliphatic carboxylic acids is 1. The third kappa shape index (κ3) is 6.18. The van der Waals surface area contributed by atoms with Gasteiger partial charge in [-0.15, -0.1) is 0 Å². The molecule has 8 atom stereocenters. The number of alkyl halides is 1. The molecule has 11 heteroatoms. The van der Waals surface area contributed by atoms with E-state index in [1.807, 2.05) is 20.8 Å². The van der Waals surface area contributed by atoms with E-state index in [0.29, 0.717) is 31.3 Å². The van der Waals surface area contributed by atoms with Gasteiger partial charge in [-0.3, -0.25) is 28.8 Å². The topological polar surface area (TPSA) is 150 Å². The number of allylic oxidation sites excluding steroid dienone is 4. The molecule has 0 saturated heterocycles. The summed E-state index contributed by atoms with van der Waals surface area (Å²) in [7, 11) is 0.